The van der Waals surface area contributed by atoms with Crippen molar-refractivity contribution in [3.63, 3.8) is 0 Å². The van der Waals surface area contributed by atoms with E-state index in [0.717, 1.165) is 52.5 Å². The standard InChI is InChI=1S/C33H33ClN6O3/c1-32(2)42-27-26(40-13-11-23-29(34)37-18-38-30(23)40)24-15-33(24,28(27)43-32)12-10-19-4-7-21-17-36-31(39-25(21)14-19)35-16-20-5-8-22(41-3)9-6-20/h4-9,11,13-14,17-18,24,26-28H,10,12,15-16H2,1-3H3,(H,35,36,39)/t24-,26-,27+,28+,33+/m1/s1. The van der Waals surface area contributed by atoms with Crippen molar-refractivity contribution in [1.82, 2.24) is 24.5 Å². The smallest absolute Gasteiger partial charge is 0.223 e. The second kappa shape index (κ2) is 9.87. The molecule has 2 aliphatic carbocycles. The van der Waals surface area contributed by atoms with E-state index >= 15 is 0 Å². The second-order valence-electron chi connectivity index (χ2n) is 12.5. The molecule has 0 spiro atoms. The van der Waals surface area contributed by atoms with Gasteiger partial charge in [-0.15, -0.1) is 0 Å². The number of hydrogen-bond acceptors (Lipinski definition) is 8. The lowest BCUT2D eigenvalue weighted by Gasteiger charge is -2.24. The number of halogens is 1. The van der Waals surface area contributed by atoms with E-state index in [1.807, 2.05) is 50.4 Å². The predicted octanol–water partition coefficient (Wildman–Crippen LogP) is 6.36. The molecule has 43 heavy (non-hydrogen) atoms. The van der Waals surface area contributed by atoms with E-state index in [9.17, 15) is 0 Å². The molecule has 1 saturated heterocycles. The van der Waals surface area contributed by atoms with Crippen molar-refractivity contribution in [3.8, 4) is 5.75 Å². The van der Waals surface area contributed by atoms with Gasteiger partial charge in [-0.25, -0.2) is 19.9 Å². The molecule has 0 amide bonds. The van der Waals surface area contributed by atoms with Crippen LogP contribution in [0.4, 0.5) is 5.95 Å². The number of rotatable bonds is 8. The molecule has 4 heterocycles. The maximum atomic E-state index is 6.61. The highest BCUT2D eigenvalue weighted by Crippen LogP contribution is 2.73. The van der Waals surface area contributed by atoms with E-state index in [2.05, 4.69) is 49.2 Å². The summed E-state index contributed by atoms with van der Waals surface area (Å²) in [7, 11) is 1.67. The maximum Gasteiger partial charge on any atom is 0.223 e. The molecule has 1 N–H and O–H groups in total. The largest absolute Gasteiger partial charge is 0.497 e. The van der Waals surface area contributed by atoms with Crippen LogP contribution in [-0.4, -0.2) is 49.6 Å². The number of methoxy groups -OCH3 is 1. The molecular formula is C33H33ClN6O3. The lowest BCUT2D eigenvalue weighted by molar-refractivity contribution is -0.161. The van der Waals surface area contributed by atoms with Gasteiger partial charge < -0.3 is 24.1 Å². The molecule has 3 aromatic heterocycles. The molecule has 3 aliphatic rings. The summed E-state index contributed by atoms with van der Waals surface area (Å²) < 4.78 is 20.7. The molecule has 10 heteroatoms. The van der Waals surface area contributed by atoms with E-state index in [4.69, 9.17) is 30.8 Å². The first-order valence-corrected chi connectivity index (χ1v) is 15.2. The molecule has 2 saturated carbocycles. The second-order valence-corrected chi connectivity index (χ2v) is 12.8. The SMILES string of the molecule is COc1ccc(CNc2ncc3ccc(CC[C@]45C[C@@H]4[C@@H](n4ccc6c(Cl)ncnc64)[C@@H]4OC(C)(C)O[C@@H]45)cc3n2)cc1. The van der Waals surface area contributed by atoms with Gasteiger partial charge in [-0.3, -0.25) is 0 Å². The quantitative estimate of drug-likeness (QED) is 0.207. The zero-order valence-corrected chi connectivity index (χ0v) is 25.1. The van der Waals surface area contributed by atoms with Gasteiger partial charge in [0.1, 0.15) is 29.0 Å². The van der Waals surface area contributed by atoms with Gasteiger partial charge in [0.05, 0.1) is 30.2 Å². The Labute approximate surface area is 254 Å². The van der Waals surface area contributed by atoms with Crippen LogP contribution in [0.5, 0.6) is 5.75 Å². The number of aromatic nitrogens is 5. The number of anilines is 1. The topological polar surface area (TPSA) is 96.2 Å². The lowest BCUT2D eigenvalue weighted by Crippen LogP contribution is -2.32. The highest BCUT2D eigenvalue weighted by Gasteiger charge is 2.75. The van der Waals surface area contributed by atoms with Gasteiger partial charge in [0, 0.05) is 29.7 Å². The summed E-state index contributed by atoms with van der Waals surface area (Å²) in [5.74, 6) is 1.27. The van der Waals surface area contributed by atoms with Crippen molar-refractivity contribution in [2.24, 2.45) is 11.3 Å². The molecule has 5 aromatic rings. The Bertz CT molecular complexity index is 1840. The van der Waals surface area contributed by atoms with Crippen molar-refractivity contribution in [3.05, 3.63) is 83.5 Å². The van der Waals surface area contributed by atoms with E-state index in [-0.39, 0.29) is 23.7 Å². The van der Waals surface area contributed by atoms with Crippen LogP contribution in [0.3, 0.4) is 0 Å². The predicted molar refractivity (Wildman–Crippen MR) is 164 cm³/mol. The number of fused-ring (bicyclic) bond motifs is 5. The summed E-state index contributed by atoms with van der Waals surface area (Å²) in [6.45, 7) is 4.67. The Balaban J connectivity index is 1.02. The van der Waals surface area contributed by atoms with Crippen LogP contribution in [0.15, 0.2) is 67.3 Å². The third-order valence-electron chi connectivity index (χ3n) is 9.54. The van der Waals surface area contributed by atoms with Gasteiger partial charge in [0.15, 0.2) is 5.79 Å². The zero-order chi connectivity index (χ0) is 29.3. The Morgan fingerprint density at radius 2 is 1.88 bits per heavy atom. The van der Waals surface area contributed by atoms with Crippen LogP contribution in [0.2, 0.25) is 5.15 Å². The number of nitrogens with zero attached hydrogens (tertiary/aromatic N) is 5. The summed E-state index contributed by atoms with van der Waals surface area (Å²) in [6.07, 6.45) is 8.55. The lowest BCUT2D eigenvalue weighted by atomic mass is 9.91. The minimum absolute atomic E-state index is 0.0313. The van der Waals surface area contributed by atoms with Gasteiger partial charge in [-0.2, -0.15) is 0 Å². The molecular weight excluding hydrogens is 564 g/mol. The Morgan fingerprint density at radius 1 is 1.05 bits per heavy atom. The Hall–Kier alpha value is -3.79. The number of nitrogens with one attached hydrogen (secondary N) is 1. The first-order chi connectivity index (χ1) is 20.8. The summed E-state index contributed by atoms with van der Waals surface area (Å²) in [5, 5.41) is 5.72. The average Bonchev–Trinajstić information content (AvgIpc) is 3.26. The van der Waals surface area contributed by atoms with Gasteiger partial charge in [0.2, 0.25) is 5.95 Å². The van der Waals surface area contributed by atoms with Gasteiger partial charge in [0.25, 0.3) is 0 Å². The molecule has 220 valence electrons. The van der Waals surface area contributed by atoms with Crippen molar-refractivity contribution >= 4 is 39.5 Å². The molecule has 8 rings (SSSR count). The third-order valence-corrected chi connectivity index (χ3v) is 9.84. The van der Waals surface area contributed by atoms with Crippen molar-refractivity contribution in [1.29, 1.82) is 0 Å². The fourth-order valence-corrected chi connectivity index (χ4v) is 7.62. The molecule has 0 radical (unpaired) electrons. The van der Waals surface area contributed by atoms with Crippen LogP contribution >= 0.6 is 11.6 Å². The molecule has 0 bridgehead atoms. The fourth-order valence-electron chi connectivity index (χ4n) is 7.42. The zero-order valence-electron chi connectivity index (χ0n) is 24.3. The normalized spacial score (nSPS) is 26.9. The first kappa shape index (κ1) is 26.8. The van der Waals surface area contributed by atoms with E-state index in [0.29, 0.717) is 23.6 Å². The van der Waals surface area contributed by atoms with E-state index in [1.54, 1.807) is 7.11 Å². The summed E-state index contributed by atoms with van der Waals surface area (Å²) in [5.41, 5.74) is 4.24. The molecule has 1 aliphatic heterocycles. The Morgan fingerprint density at radius 3 is 2.72 bits per heavy atom. The maximum absolute atomic E-state index is 6.61. The minimum atomic E-state index is -0.626. The Kier molecular flexibility index (Phi) is 6.15. The van der Waals surface area contributed by atoms with Gasteiger partial charge in [-0.05, 0) is 74.4 Å². The van der Waals surface area contributed by atoms with Crippen molar-refractivity contribution in [2.45, 2.75) is 63.7 Å². The minimum Gasteiger partial charge on any atom is -0.497 e. The van der Waals surface area contributed by atoms with Crippen LogP contribution < -0.4 is 10.1 Å². The summed E-state index contributed by atoms with van der Waals surface area (Å²) >= 11 is 6.39. The summed E-state index contributed by atoms with van der Waals surface area (Å²) in [6, 6.07) is 16.6. The highest BCUT2D eigenvalue weighted by molar-refractivity contribution is 6.33. The van der Waals surface area contributed by atoms with Gasteiger partial charge >= 0.3 is 0 Å². The number of benzene rings is 2. The van der Waals surface area contributed by atoms with Crippen molar-refractivity contribution < 1.29 is 14.2 Å². The fraction of sp³-hybridized carbons (Fsp3) is 0.394. The summed E-state index contributed by atoms with van der Waals surface area (Å²) in [4.78, 5) is 18.1. The number of ether oxygens (including phenoxy) is 3. The molecule has 3 fully saturated rings. The monoisotopic (exact) mass is 596 g/mol. The average molecular weight is 597 g/mol. The van der Waals surface area contributed by atoms with Crippen molar-refractivity contribution in [2.75, 3.05) is 12.4 Å². The molecule has 0 unspecified atom stereocenters. The van der Waals surface area contributed by atoms with E-state index < -0.39 is 5.79 Å². The third kappa shape index (κ3) is 4.53. The van der Waals surface area contributed by atoms with Crippen LogP contribution in [0.25, 0.3) is 21.9 Å². The van der Waals surface area contributed by atoms with Crippen LogP contribution in [-0.2, 0) is 22.4 Å². The highest BCUT2D eigenvalue weighted by atomic mass is 35.5. The molecule has 2 aromatic carbocycles. The van der Waals surface area contributed by atoms with Crippen LogP contribution in [0, 0.1) is 11.3 Å². The number of hydrogen-bond donors (Lipinski definition) is 1. The van der Waals surface area contributed by atoms with Gasteiger partial charge in [-0.1, -0.05) is 35.9 Å². The van der Waals surface area contributed by atoms with Crippen LogP contribution in [0.1, 0.15) is 43.9 Å². The molecule has 5 atom stereocenters. The number of aryl methyl sites for hydroxylation is 1. The first-order valence-electron chi connectivity index (χ1n) is 14.8. The van der Waals surface area contributed by atoms with E-state index in [1.165, 1.54) is 11.9 Å². The molecule has 9 nitrogen and oxygen atoms in total.